The van der Waals surface area contributed by atoms with Gasteiger partial charge in [0.15, 0.2) is 17.3 Å². The summed E-state index contributed by atoms with van der Waals surface area (Å²) in [6, 6.07) is 19.0. The highest BCUT2D eigenvalue weighted by Crippen LogP contribution is 2.33. The van der Waals surface area contributed by atoms with E-state index < -0.39 is 0 Å². The van der Waals surface area contributed by atoms with Crippen LogP contribution in [0.4, 0.5) is 5.69 Å². The molecule has 0 bridgehead atoms. The zero-order valence-corrected chi connectivity index (χ0v) is 13.8. The Labute approximate surface area is 149 Å². The van der Waals surface area contributed by atoms with Crippen molar-refractivity contribution in [3.8, 4) is 11.5 Å². The lowest BCUT2D eigenvalue weighted by Gasteiger charge is -2.06. The average molecular weight is 345 g/mol. The van der Waals surface area contributed by atoms with Crippen molar-refractivity contribution in [2.75, 3.05) is 18.7 Å². The molecule has 5 rings (SSSR count). The zero-order chi connectivity index (χ0) is 17.5. The second-order valence-electron chi connectivity index (χ2n) is 6.15. The van der Waals surface area contributed by atoms with E-state index in [1.54, 1.807) is 18.2 Å². The van der Waals surface area contributed by atoms with E-state index in [0.717, 1.165) is 27.6 Å². The number of carbonyl (C=O) groups excluding carboxylic acids is 1. The molecule has 0 amide bonds. The van der Waals surface area contributed by atoms with Crippen LogP contribution >= 0.6 is 0 Å². The molecule has 1 N–H and O–H groups in total. The fourth-order valence-corrected chi connectivity index (χ4v) is 3.19. The molecule has 0 unspecified atom stereocenters. The van der Waals surface area contributed by atoms with Gasteiger partial charge in [-0.15, -0.1) is 0 Å². The van der Waals surface area contributed by atoms with Crippen LogP contribution < -0.4 is 14.8 Å². The number of hydrogen-bond donors (Lipinski definition) is 1. The van der Waals surface area contributed by atoms with E-state index in [4.69, 9.17) is 13.9 Å². The first kappa shape index (κ1) is 14.8. The van der Waals surface area contributed by atoms with Gasteiger partial charge in [0, 0.05) is 28.1 Å². The first-order chi connectivity index (χ1) is 12.8. The number of furan rings is 1. The molecule has 0 spiro atoms. The maximum atomic E-state index is 12.4. The third kappa shape index (κ3) is 2.45. The molecule has 1 aliphatic heterocycles. The van der Waals surface area contributed by atoms with Gasteiger partial charge in [-0.3, -0.25) is 4.79 Å². The summed E-state index contributed by atoms with van der Waals surface area (Å²) >= 11 is 0. The molecule has 0 atom stereocenters. The van der Waals surface area contributed by atoms with E-state index in [1.807, 2.05) is 42.5 Å². The lowest BCUT2D eigenvalue weighted by Crippen LogP contribution is -2.13. The predicted molar refractivity (Wildman–Crippen MR) is 99.1 cm³/mol. The number of Topliss-reactive ketones (excluding diaryl/α,β-unsaturated/α-hetero) is 1. The quantitative estimate of drug-likeness (QED) is 0.547. The first-order valence-corrected chi connectivity index (χ1v) is 8.36. The van der Waals surface area contributed by atoms with Crippen LogP contribution in [-0.4, -0.2) is 19.1 Å². The van der Waals surface area contributed by atoms with E-state index in [9.17, 15) is 4.79 Å². The standard InChI is InChI=1S/C21H15NO4/c23-17(13-5-8-19-21(9-13)25-12-24-19)11-22-14-6-7-16-15-3-1-2-4-18(15)26-20(16)10-14/h1-10,22H,11-12H2. The second-order valence-corrected chi connectivity index (χ2v) is 6.15. The third-order valence-corrected chi connectivity index (χ3v) is 4.53. The summed E-state index contributed by atoms with van der Waals surface area (Å²) in [5, 5.41) is 5.32. The smallest absolute Gasteiger partial charge is 0.231 e. The Hall–Kier alpha value is -3.47. The maximum absolute atomic E-state index is 12.4. The van der Waals surface area contributed by atoms with Gasteiger partial charge >= 0.3 is 0 Å². The molecule has 0 fully saturated rings. The summed E-state index contributed by atoms with van der Waals surface area (Å²) in [4.78, 5) is 12.4. The van der Waals surface area contributed by atoms with Gasteiger partial charge in [0.2, 0.25) is 6.79 Å². The van der Waals surface area contributed by atoms with Gasteiger partial charge < -0.3 is 19.2 Å². The highest BCUT2D eigenvalue weighted by Gasteiger charge is 2.16. The minimum atomic E-state index is -0.0204. The molecule has 3 aromatic carbocycles. The fraction of sp³-hybridized carbons (Fsp3) is 0.0952. The molecular weight excluding hydrogens is 330 g/mol. The number of nitrogens with one attached hydrogen (secondary N) is 1. The van der Waals surface area contributed by atoms with E-state index in [2.05, 4.69) is 5.32 Å². The molecule has 5 heteroatoms. The number of ketones is 1. The fourth-order valence-electron chi connectivity index (χ4n) is 3.19. The highest BCUT2D eigenvalue weighted by molar-refractivity contribution is 6.06. The Balaban J connectivity index is 1.36. The molecular formula is C21H15NO4. The summed E-state index contributed by atoms with van der Waals surface area (Å²) in [6.07, 6.45) is 0. The molecule has 0 saturated carbocycles. The molecule has 0 radical (unpaired) electrons. The van der Waals surface area contributed by atoms with Gasteiger partial charge in [-0.1, -0.05) is 18.2 Å². The van der Waals surface area contributed by atoms with E-state index in [0.29, 0.717) is 17.1 Å². The molecule has 0 saturated heterocycles. The topological polar surface area (TPSA) is 60.7 Å². The van der Waals surface area contributed by atoms with Crippen LogP contribution in [0.3, 0.4) is 0 Å². The summed E-state index contributed by atoms with van der Waals surface area (Å²) in [6.45, 7) is 0.383. The molecule has 128 valence electrons. The van der Waals surface area contributed by atoms with Gasteiger partial charge in [-0.25, -0.2) is 0 Å². The minimum Gasteiger partial charge on any atom is -0.456 e. The Morgan fingerprint density at radius 2 is 1.73 bits per heavy atom. The Morgan fingerprint density at radius 1 is 0.885 bits per heavy atom. The number of para-hydroxylation sites is 1. The van der Waals surface area contributed by atoms with Crippen molar-refractivity contribution in [1.29, 1.82) is 0 Å². The van der Waals surface area contributed by atoms with Crippen molar-refractivity contribution in [3.05, 3.63) is 66.2 Å². The Kier molecular flexibility index (Phi) is 3.31. The van der Waals surface area contributed by atoms with Crippen LogP contribution in [0.1, 0.15) is 10.4 Å². The number of hydrogen-bond acceptors (Lipinski definition) is 5. The molecule has 1 aromatic heterocycles. The van der Waals surface area contributed by atoms with Crippen LogP contribution in [0, 0.1) is 0 Å². The van der Waals surface area contributed by atoms with Crippen LogP contribution in [0.2, 0.25) is 0 Å². The molecule has 1 aliphatic rings. The lowest BCUT2D eigenvalue weighted by molar-refractivity contribution is 0.101. The summed E-state index contributed by atoms with van der Waals surface area (Å²) in [5.41, 5.74) is 3.08. The first-order valence-electron chi connectivity index (χ1n) is 8.36. The summed E-state index contributed by atoms with van der Waals surface area (Å²) < 4.78 is 16.5. The SMILES string of the molecule is O=C(CNc1ccc2c(c1)oc1ccccc12)c1ccc2c(c1)OCO2. The van der Waals surface area contributed by atoms with Crippen molar-refractivity contribution >= 4 is 33.4 Å². The highest BCUT2D eigenvalue weighted by atomic mass is 16.7. The molecule has 5 nitrogen and oxygen atoms in total. The lowest BCUT2D eigenvalue weighted by atomic mass is 10.1. The number of rotatable bonds is 4. The van der Waals surface area contributed by atoms with Gasteiger partial charge in [-0.05, 0) is 36.4 Å². The second kappa shape index (κ2) is 5.81. The number of ether oxygens (including phenoxy) is 2. The average Bonchev–Trinajstić information content (AvgIpc) is 3.29. The number of anilines is 1. The van der Waals surface area contributed by atoms with Crippen molar-refractivity contribution in [2.24, 2.45) is 0 Å². The van der Waals surface area contributed by atoms with Crippen molar-refractivity contribution in [2.45, 2.75) is 0 Å². The zero-order valence-electron chi connectivity index (χ0n) is 13.8. The Bertz CT molecular complexity index is 1150. The Morgan fingerprint density at radius 3 is 2.69 bits per heavy atom. The maximum Gasteiger partial charge on any atom is 0.231 e. The van der Waals surface area contributed by atoms with Crippen LogP contribution in [-0.2, 0) is 0 Å². The van der Waals surface area contributed by atoms with Crippen LogP contribution in [0.25, 0.3) is 21.9 Å². The van der Waals surface area contributed by atoms with Gasteiger partial charge in [0.1, 0.15) is 11.2 Å². The normalized spacial score (nSPS) is 12.6. The van der Waals surface area contributed by atoms with Gasteiger partial charge in [0.05, 0.1) is 6.54 Å². The van der Waals surface area contributed by atoms with Crippen molar-refractivity contribution < 1.29 is 18.7 Å². The van der Waals surface area contributed by atoms with E-state index in [-0.39, 0.29) is 19.1 Å². The largest absolute Gasteiger partial charge is 0.456 e. The van der Waals surface area contributed by atoms with Gasteiger partial charge in [0.25, 0.3) is 0 Å². The number of benzene rings is 3. The van der Waals surface area contributed by atoms with E-state index in [1.165, 1.54) is 0 Å². The van der Waals surface area contributed by atoms with Crippen LogP contribution in [0.15, 0.2) is 65.1 Å². The number of carbonyl (C=O) groups is 1. The van der Waals surface area contributed by atoms with Gasteiger partial charge in [-0.2, -0.15) is 0 Å². The molecule has 0 aliphatic carbocycles. The molecule has 26 heavy (non-hydrogen) atoms. The van der Waals surface area contributed by atoms with E-state index >= 15 is 0 Å². The summed E-state index contributed by atoms with van der Waals surface area (Å²) in [5.74, 6) is 1.26. The van der Waals surface area contributed by atoms with Crippen molar-refractivity contribution in [1.82, 2.24) is 0 Å². The monoisotopic (exact) mass is 345 g/mol. The minimum absolute atomic E-state index is 0.0204. The number of fused-ring (bicyclic) bond motifs is 4. The van der Waals surface area contributed by atoms with Crippen LogP contribution in [0.5, 0.6) is 11.5 Å². The predicted octanol–water partition coefficient (Wildman–Crippen LogP) is 4.61. The molecule has 4 aromatic rings. The van der Waals surface area contributed by atoms with Crippen molar-refractivity contribution in [3.63, 3.8) is 0 Å². The molecule has 2 heterocycles. The summed E-state index contributed by atoms with van der Waals surface area (Å²) in [7, 11) is 0. The third-order valence-electron chi connectivity index (χ3n) is 4.53.